The number of carboxylic acids is 1. The zero-order valence-electron chi connectivity index (χ0n) is 19.5. The van der Waals surface area contributed by atoms with Gasteiger partial charge in [-0.2, -0.15) is 8.78 Å². The number of rotatable bonds is 9. The lowest BCUT2D eigenvalue weighted by molar-refractivity contribution is -0.909. The quantitative estimate of drug-likeness (QED) is 0.240. The van der Waals surface area contributed by atoms with E-state index in [0.717, 1.165) is 24.8 Å². The van der Waals surface area contributed by atoms with Crippen molar-refractivity contribution in [3.8, 4) is 16.9 Å². The number of pyridine rings is 1. The van der Waals surface area contributed by atoms with Gasteiger partial charge in [0, 0.05) is 16.5 Å². The number of nitrogens with zero attached hydrogens (tertiary/aromatic N) is 1. The van der Waals surface area contributed by atoms with Crippen LogP contribution in [0.4, 0.5) is 18.9 Å². The van der Waals surface area contributed by atoms with Crippen molar-refractivity contribution in [2.45, 2.75) is 32.3 Å². The highest BCUT2D eigenvalue weighted by Crippen LogP contribution is 2.45. The molecule has 2 aromatic carbocycles. The van der Waals surface area contributed by atoms with Gasteiger partial charge in [0.2, 0.25) is 17.8 Å². The number of nitrogens with one attached hydrogen (secondary N) is 1. The maximum Gasteiger partial charge on any atom is 0.387 e. The van der Waals surface area contributed by atoms with Crippen LogP contribution >= 0.6 is 11.6 Å². The molecule has 3 aromatic rings. The molecule has 0 saturated heterocycles. The molecule has 1 heterocycles. The third-order valence-electron chi connectivity index (χ3n) is 6.41. The van der Waals surface area contributed by atoms with Gasteiger partial charge in [0.1, 0.15) is 11.7 Å². The second kappa shape index (κ2) is 10.7. The molecule has 0 aliphatic heterocycles. The van der Waals surface area contributed by atoms with Gasteiger partial charge in [-0.15, -0.1) is 0 Å². The lowest BCUT2D eigenvalue weighted by atomic mass is 9.94. The first-order chi connectivity index (χ1) is 17.5. The van der Waals surface area contributed by atoms with Crippen LogP contribution in [0, 0.1) is 17.7 Å². The highest BCUT2D eigenvalue weighted by molar-refractivity contribution is 6.31. The molecule has 1 aliphatic rings. The molecule has 0 bridgehead atoms. The summed E-state index contributed by atoms with van der Waals surface area (Å²) in [5.74, 6) is -3.15. The number of ether oxygens (including phenoxy) is 1. The van der Waals surface area contributed by atoms with Crippen LogP contribution in [0.2, 0.25) is 5.02 Å². The molecule has 194 valence electrons. The highest BCUT2D eigenvalue weighted by atomic mass is 35.5. The van der Waals surface area contributed by atoms with Crippen LogP contribution < -0.4 is 14.8 Å². The largest absolute Gasteiger partial charge is 0.478 e. The summed E-state index contributed by atoms with van der Waals surface area (Å²) in [6.07, 6.45) is 2.44. The maximum atomic E-state index is 14.8. The average Bonchev–Trinajstić information content (AvgIpc) is 3.54. The summed E-state index contributed by atoms with van der Waals surface area (Å²) in [4.78, 5) is 24.3. The first-order valence-electron chi connectivity index (χ1n) is 11.4. The van der Waals surface area contributed by atoms with E-state index in [1.807, 2.05) is 6.92 Å². The van der Waals surface area contributed by atoms with Crippen LogP contribution in [-0.4, -0.2) is 28.8 Å². The third-order valence-corrected chi connectivity index (χ3v) is 6.70. The second-order valence-corrected chi connectivity index (χ2v) is 9.34. The minimum Gasteiger partial charge on any atom is -0.478 e. The fraction of sp³-hybridized carbons (Fsp3) is 0.269. The molecule has 37 heavy (non-hydrogen) atoms. The number of carbonyl (C=O) groups excluding carboxylic acids is 1. The SMILES string of the molecule is CC1CC1CC(C(=O)Nc1ccc(C(=O)O)cc1)c1ccc(-c2c(OC(F)F)ccc(Cl)c2F)c[n+]1O. The fourth-order valence-electron chi connectivity index (χ4n) is 4.24. The Labute approximate surface area is 215 Å². The summed E-state index contributed by atoms with van der Waals surface area (Å²) in [5.41, 5.74) is 0.275. The Morgan fingerprint density at radius 3 is 2.41 bits per heavy atom. The zero-order chi connectivity index (χ0) is 26.9. The van der Waals surface area contributed by atoms with E-state index < -0.39 is 36.0 Å². The number of hydrogen-bond acceptors (Lipinski definition) is 4. The van der Waals surface area contributed by atoms with Crippen LogP contribution in [0.5, 0.6) is 5.75 Å². The van der Waals surface area contributed by atoms with Gasteiger partial charge in [-0.25, -0.2) is 9.18 Å². The van der Waals surface area contributed by atoms with Crippen LogP contribution in [0.15, 0.2) is 54.7 Å². The smallest absolute Gasteiger partial charge is 0.387 e. The number of carboxylic acid groups (broad SMARTS) is 1. The van der Waals surface area contributed by atoms with Crippen molar-refractivity contribution in [3.63, 3.8) is 0 Å². The Balaban J connectivity index is 1.66. The number of halogens is 4. The molecular formula is C26H23ClF3N2O5+. The Morgan fingerprint density at radius 1 is 1.16 bits per heavy atom. The Hall–Kier alpha value is -3.79. The monoisotopic (exact) mass is 535 g/mol. The van der Waals surface area contributed by atoms with E-state index in [0.29, 0.717) is 22.8 Å². The standard InChI is InChI=1S/C26H22ClF3N2O5/c1-13-10-16(13)11-18(24(33)31-17-5-2-14(3-6-17)25(34)35)20-8-4-15(12-32(20)36)22-21(37-26(29)30)9-7-19(27)23(22)28/h2-9,12-13,16,18,26H,10-11H2,1H3,(H2-,31,33,34,35,36)/p+1. The minimum absolute atomic E-state index is 0.00473. The van der Waals surface area contributed by atoms with E-state index in [9.17, 15) is 28.0 Å². The highest BCUT2D eigenvalue weighted by Gasteiger charge is 2.40. The number of anilines is 1. The molecule has 1 amide bonds. The van der Waals surface area contributed by atoms with E-state index in [1.165, 1.54) is 36.4 Å². The topological polar surface area (TPSA) is 99.7 Å². The van der Waals surface area contributed by atoms with Gasteiger partial charge in [-0.3, -0.25) is 10.0 Å². The molecule has 1 aliphatic carbocycles. The van der Waals surface area contributed by atoms with Gasteiger partial charge in [0.25, 0.3) is 0 Å². The average molecular weight is 536 g/mol. The van der Waals surface area contributed by atoms with E-state index in [2.05, 4.69) is 10.1 Å². The molecule has 1 fully saturated rings. The second-order valence-electron chi connectivity index (χ2n) is 8.93. The number of aromatic nitrogens is 1. The van der Waals surface area contributed by atoms with Gasteiger partial charge < -0.3 is 15.2 Å². The van der Waals surface area contributed by atoms with Crippen molar-refractivity contribution in [3.05, 3.63) is 76.8 Å². The maximum absolute atomic E-state index is 14.8. The normalized spacial score (nSPS) is 17.4. The zero-order valence-corrected chi connectivity index (χ0v) is 20.3. The van der Waals surface area contributed by atoms with Gasteiger partial charge in [-0.1, -0.05) is 18.5 Å². The summed E-state index contributed by atoms with van der Waals surface area (Å²) in [5, 5.41) is 22.3. The first kappa shape index (κ1) is 26.3. The van der Waals surface area contributed by atoms with E-state index in [4.69, 9.17) is 16.7 Å². The predicted octanol–water partition coefficient (Wildman–Crippen LogP) is 5.74. The Morgan fingerprint density at radius 2 is 1.84 bits per heavy atom. The molecule has 3 atom stereocenters. The van der Waals surface area contributed by atoms with E-state index >= 15 is 0 Å². The van der Waals surface area contributed by atoms with Crippen LogP contribution in [0.1, 0.15) is 41.7 Å². The Kier molecular flexibility index (Phi) is 7.58. The van der Waals surface area contributed by atoms with Crippen LogP contribution in [-0.2, 0) is 4.79 Å². The molecule has 3 N–H and O–H groups in total. The minimum atomic E-state index is -3.21. The summed E-state index contributed by atoms with van der Waals surface area (Å²) in [6, 6.07) is 10.6. The number of hydrogen-bond donors (Lipinski definition) is 3. The van der Waals surface area contributed by atoms with Crippen molar-refractivity contribution in [1.29, 1.82) is 0 Å². The molecular weight excluding hydrogens is 513 g/mol. The molecule has 7 nitrogen and oxygen atoms in total. The van der Waals surface area contributed by atoms with Crippen molar-refractivity contribution in [2.24, 2.45) is 11.8 Å². The van der Waals surface area contributed by atoms with E-state index in [1.54, 1.807) is 0 Å². The lowest BCUT2D eigenvalue weighted by Gasteiger charge is -2.15. The van der Waals surface area contributed by atoms with Gasteiger partial charge in [0.05, 0.1) is 21.7 Å². The third kappa shape index (κ3) is 5.96. The summed E-state index contributed by atoms with van der Waals surface area (Å²) >= 11 is 5.84. The van der Waals surface area contributed by atoms with Gasteiger partial charge in [-0.05, 0) is 67.1 Å². The van der Waals surface area contributed by atoms with Crippen molar-refractivity contribution in [1.82, 2.24) is 0 Å². The van der Waals surface area contributed by atoms with Crippen LogP contribution in [0.25, 0.3) is 11.1 Å². The van der Waals surface area contributed by atoms with Crippen LogP contribution in [0.3, 0.4) is 0 Å². The van der Waals surface area contributed by atoms with E-state index in [-0.39, 0.29) is 33.3 Å². The molecule has 11 heteroatoms. The van der Waals surface area contributed by atoms with Crippen molar-refractivity contribution >= 4 is 29.2 Å². The summed E-state index contributed by atoms with van der Waals surface area (Å²) in [6.45, 7) is -1.16. The number of aromatic carboxylic acids is 1. The summed E-state index contributed by atoms with van der Waals surface area (Å²) < 4.78 is 45.7. The number of benzene rings is 2. The molecule has 1 aromatic heterocycles. The summed E-state index contributed by atoms with van der Waals surface area (Å²) in [7, 11) is 0. The fourth-order valence-corrected chi connectivity index (χ4v) is 4.40. The molecule has 4 rings (SSSR count). The van der Waals surface area contributed by atoms with Gasteiger partial charge in [0.15, 0.2) is 5.82 Å². The molecule has 3 unspecified atom stereocenters. The Bertz CT molecular complexity index is 1340. The van der Waals surface area contributed by atoms with Crippen molar-refractivity contribution < 1.29 is 42.5 Å². The van der Waals surface area contributed by atoms with Gasteiger partial charge >= 0.3 is 12.6 Å². The lowest BCUT2D eigenvalue weighted by Crippen LogP contribution is -2.40. The number of carbonyl (C=O) groups is 2. The number of alkyl halides is 2. The number of amides is 1. The molecule has 0 radical (unpaired) electrons. The van der Waals surface area contributed by atoms with Crippen molar-refractivity contribution in [2.75, 3.05) is 5.32 Å². The molecule has 0 spiro atoms. The first-order valence-corrected chi connectivity index (χ1v) is 11.7. The predicted molar refractivity (Wildman–Crippen MR) is 128 cm³/mol. The molecule has 1 saturated carbocycles.